The van der Waals surface area contributed by atoms with Gasteiger partial charge in [0.15, 0.2) is 17.8 Å². The molecule has 0 heterocycles. The van der Waals surface area contributed by atoms with Crippen LogP contribution in [0.4, 0.5) is 4.79 Å². The smallest absolute Gasteiger partial charge is 0.408 e. The molecule has 1 aromatic carbocycles. The molecule has 6 nitrogen and oxygen atoms in total. The van der Waals surface area contributed by atoms with E-state index in [4.69, 9.17) is 14.2 Å². The molecule has 0 aliphatic heterocycles. The van der Waals surface area contributed by atoms with Gasteiger partial charge < -0.3 is 19.5 Å². The number of rotatable bonds is 6. The van der Waals surface area contributed by atoms with Crippen molar-refractivity contribution in [3.8, 4) is 11.5 Å². The maximum atomic E-state index is 11.9. The Balaban J connectivity index is 2.05. The zero-order chi connectivity index (χ0) is 18.0. The Labute approximate surface area is 150 Å². The summed E-state index contributed by atoms with van der Waals surface area (Å²) in [7, 11) is 1.53. The Hall–Kier alpha value is -1.76. The lowest BCUT2D eigenvalue weighted by atomic mass is 10.2. The van der Waals surface area contributed by atoms with E-state index in [1.54, 1.807) is 12.1 Å². The third-order valence-electron chi connectivity index (χ3n) is 3.55. The number of ether oxygens (including phenoxy) is 3. The van der Waals surface area contributed by atoms with Crippen molar-refractivity contribution in [3.63, 3.8) is 0 Å². The molecule has 0 unspecified atom stereocenters. The molecule has 1 fully saturated rings. The summed E-state index contributed by atoms with van der Waals surface area (Å²) in [5.41, 5.74) is -0.522. The van der Waals surface area contributed by atoms with Crippen molar-refractivity contribution in [1.29, 1.82) is 0 Å². The zero-order valence-corrected chi connectivity index (χ0v) is 15.9. The van der Waals surface area contributed by atoms with Crippen molar-refractivity contribution in [1.82, 2.24) is 5.32 Å². The van der Waals surface area contributed by atoms with Crippen molar-refractivity contribution in [2.45, 2.75) is 44.8 Å². The fourth-order valence-corrected chi connectivity index (χ4v) is 2.66. The highest BCUT2D eigenvalue weighted by molar-refractivity contribution is 9.10. The summed E-state index contributed by atoms with van der Waals surface area (Å²) in [5.74, 6) is 0.958. The summed E-state index contributed by atoms with van der Waals surface area (Å²) in [4.78, 5) is 23.0. The first-order valence-corrected chi connectivity index (χ1v) is 8.45. The monoisotopic (exact) mass is 399 g/mol. The van der Waals surface area contributed by atoms with Crippen LogP contribution in [0.25, 0.3) is 0 Å². The number of halogens is 1. The van der Waals surface area contributed by atoms with Gasteiger partial charge in [-0.2, -0.15) is 0 Å². The van der Waals surface area contributed by atoms with Crippen LogP contribution in [0.1, 0.15) is 44.0 Å². The predicted molar refractivity (Wildman–Crippen MR) is 92.9 cm³/mol. The fourth-order valence-electron chi connectivity index (χ4n) is 2.13. The van der Waals surface area contributed by atoms with Crippen molar-refractivity contribution >= 4 is 28.3 Å². The summed E-state index contributed by atoms with van der Waals surface area (Å²) >= 11 is 3.36. The number of methoxy groups -OCH3 is 1. The molecule has 1 aliphatic rings. The normalized spacial score (nSPS) is 15.4. The van der Waals surface area contributed by atoms with Gasteiger partial charge in [-0.25, -0.2) is 4.79 Å². The second-order valence-corrected chi connectivity index (χ2v) is 7.61. The van der Waals surface area contributed by atoms with Crippen molar-refractivity contribution in [3.05, 3.63) is 22.2 Å². The third-order valence-corrected chi connectivity index (χ3v) is 4.37. The molecule has 1 aliphatic carbocycles. The second-order valence-electron chi connectivity index (χ2n) is 6.81. The van der Waals surface area contributed by atoms with E-state index in [1.165, 1.54) is 7.11 Å². The van der Waals surface area contributed by atoms with Gasteiger partial charge in [0, 0.05) is 5.56 Å². The van der Waals surface area contributed by atoms with E-state index in [1.807, 2.05) is 20.8 Å². The van der Waals surface area contributed by atoms with E-state index < -0.39 is 17.2 Å². The Morgan fingerprint density at radius 3 is 2.54 bits per heavy atom. The molecule has 2 rings (SSSR count). The van der Waals surface area contributed by atoms with Gasteiger partial charge in [-0.3, -0.25) is 4.79 Å². The topological polar surface area (TPSA) is 73.9 Å². The lowest BCUT2D eigenvalue weighted by Gasteiger charge is -2.24. The van der Waals surface area contributed by atoms with Crippen LogP contribution in [0, 0.1) is 0 Å². The van der Waals surface area contributed by atoms with Gasteiger partial charge in [0.25, 0.3) is 0 Å². The van der Waals surface area contributed by atoms with Crippen LogP contribution in [-0.2, 0) is 4.74 Å². The standard InChI is InChI=1S/C17H22BrNO5/c1-16(2,3)24-15(21)19-17(7-8-17)10-23-14-12(22-4)6-5-11(9-20)13(14)18/h5-6,9H,7-8,10H2,1-4H3,(H,19,21). The minimum Gasteiger partial charge on any atom is -0.493 e. The van der Waals surface area contributed by atoms with Gasteiger partial charge in [0.05, 0.1) is 17.1 Å². The van der Waals surface area contributed by atoms with Gasteiger partial charge in [-0.15, -0.1) is 0 Å². The zero-order valence-electron chi connectivity index (χ0n) is 14.3. The Morgan fingerprint density at radius 2 is 2.04 bits per heavy atom. The van der Waals surface area contributed by atoms with E-state index in [9.17, 15) is 9.59 Å². The molecule has 0 bridgehead atoms. The molecule has 1 aromatic rings. The molecule has 0 spiro atoms. The summed E-state index contributed by atoms with van der Waals surface area (Å²) in [6, 6.07) is 3.32. The molecule has 0 saturated heterocycles. The number of hydrogen-bond acceptors (Lipinski definition) is 5. The number of nitrogens with one attached hydrogen (secondary N) is 1. The first-order valence-electron chi connectivity index (χ1n) is 7.65. The van der Waals surface area contributed by atoms with Crippen LogP contribution >= 0.6 is 15.9 Å². The summed E-state index contributed by atoms with van der Waals surface area (Å²) in [6.45, 7) is 5.71. The minimum absolute atomic E-state index is 0.267. The van der Waals surface area contributed by atoms with Crippen LogP contribution < -0.4 is 14.8 Å². The molecule has 1 amide bonds. The van der Waals surface area contributed by atoms with Gasteiger partial charge in [0.2, 0.25) is 0 Å². The SMILES string of the molecule is COc1ccc(C=O)c(Br)c1OCC1(NC(=O)OC(C)(C)C)CC1. The molecule has 1 N–H and O–H groups in total. The quantitative estimate of drug-likeness (QED) is 0.737. The van der Waals surface area contributed by atoms with E-state index in [-0.39, 0.29) is 6.61 Å². The number of alkyl carbamates (subject to hydrolysis) is 1. The number of amides is 1. The molecule has 0 aromatic heterocycles. The minimum atomic E-state index is -0.550. The van der Waals surface area contributed by atoms with Crippen LogP contribution in [0.2, 0.25) is 0 Å². The summed E-state index contributed by atoms with van der Waals surface area (Å²) < 4.78 is 17.0. The van der Waals surface area contributed by atoms with Crippen molar-refractivity contribution < 1.29 is 23.8 Å². The van der Waals surface area contributed by atoms with E-state index >= 15 is 0 Å². The highest BCUT2D eigenvalue weighted by Gasteiger charge is 2.46. The largest absolute Gasteiger partial charge is 0.493 e. The first kappa shape index (κ1) is 18.6. The lowest BCUT2D eigenvalue weighted by Crippen LogP contribution is -2.44. The molecule has 0 radical (unpaired) electrons. The number of carbonyl (C=O) groups excluding carboxylic acids is 2. The lowest BCUT2D eigenvalue weighted by molar-refractivity contribution is 0.0476. The average molecular weight is 400 g/mol. The van der Waals surface area contributed by atoms with E-state index in [0.717, 1.165) is 19.1 Å². The predicted octanol–water partition coefficient (Wildman–Crippen LogP) is 3.71. The van der Waals surface area contributed by atoms with Crippen LogP contribution in [0.15, 0.2) is 16.6 Å². The maximum Gasteiger partial charge on any atom is 0.408 e. The van der Waals surface area contributed by atoms with Crippen LogP contribution in [0.5, 0.6) is 11.5 Å². The Kier molecular flexibility index (Phi) is 5.42. The third kappa shape index (κ3) is 4.63. The second kappa shape index (κ2) is 7.01. The first-order chi connectivity index (χ1) is 11.2. The molecule has 0 atom stereocenters. The number of aldehydes is 1. The molecule has 1 saturated carbocycles. The van der Waals surface area contributed by atoms with Crippen LogP contribution in [0.3, 0.4) is 0 Å². The van der Waals surface area contributed by atoms with E-state index in [0.29, 0.717) is 21.5 Å². The Bertz CT molecular complexity index is 635. The summed E-state index contributed by atoms with van der Waals surface area (Å²) in [6.07, 6.45) is 1.89. The van der Waals surface area contributed by atoms with Crippen LogP contribution in [-0.4, -0.2) is 37.2 Å². The van der Waals surface area contributed by atoms with E-state index in [2.05, 4.69) is 21.2 Å². The van der Waals surface area contributed by atoms with Crippen molar-refractivity contribution in [2.75, 3.05) is 13.7 Å². The van der Waals surface area contributed by atoms with Gasteiger partial charge >= 0.3 is 6.09 Å². The van der Waals surface area contributed by atoms with Crippen molar-refractivity contribution in [2.24, 2.45) is 0 Å². The molecule has 7 heteroatoms. The number of benzene rings is 1. The fraction of sp³-hybridized carbons (Fsp3) is 0.529. The number of carbonyl (C=O) groups is 2. The molecule has 24 heavy (non-hydrogen) atoms. The molecular weight excluding hydrogens is 378 g/mol. The van der Waals surface area contributed by atoms with Gasteiger partial charge in [-0.05, 0) is 61.7 Å². The maximum absolute atomic E-state index is 11.9. The Morgan fingerprint density at radius 1 is 1.38 bits per heavy atom. The number of hydrogen-bond donors (Lipinski definition) is 1. The highest BCUT2D eigenvalue weighted by atomic mass is 79.9. The molecule has 132 valence electrons. The molecular formula is C17H22BrNO5. The average Bonchev–Trinajstić information content (AvgIpc) is 3.23. The summed E-state index contributed by atoms with van der Waals surface area (Å²) in [5, 5.41) is 2.87. The van der Waals surface area contributed by atoms with Gasteiger partial charge in [-0.1, -0.05) is 0 Å². The van der Waals surface area contributed by atoms with Gasteiger partial charge in [0.1, 0.15) is 12.2 Å². The highest BCUT2D eigenvalue weighted by Crippen LogP contribution is 2.41.